The van der Waals surface area contributed by atoms with Gasteiger partial charge in [0.2, 0.25) is 0 Å². The summed E-state index contributed by atoms with van der Waals surface area (Å²) in [5.41, 5.74) is 1.10. The molecule has 1 saturated heterocycles. The van der Waals surface area contributed by atoms with Crippen molar-refractivity contribution in [2.24, 2.45) is 0 Å². The van der Waals surface area contributed by atoms with Crippen molar-refractivity contribution in [2.75, 3.05) is 19.8 Å². The van der Waals surface area contributed by atoms with Gasteiger partial charge in [0.25, 0.3) is 0 Å². The van der Waals surface area contributed by atoms with Crippen LogP contribution in [0.2, 0.25) is 0 Å². The molecular weight excluding hydrogens is 325 g/mol. The van der Waals surface area contributed by atoms with Gasteiger partial charge in [0.05, 0.1) is 13.2 Å². The summed E-state index contributed by atoms with van der Waals surface area (Å²) < 4.78 is 25.0. The third-order valence-corrected chi connectivity index (χ3v) is 4.07. The lowest BCUT2D eigenvalue weighted by Crippen LogP contribution is -2.35. The summed E-state index contributed by atoms with van der Waals surface area (Å²) >= 11 is 3.43. The van der Waals surface area contributed by atoms with Crippen molar-refractivity contribution < 1.29 is 13.9 Å². The van der Waals surface area contributed by atoms with Crippen molar-refractivity contribution in [3.05, 3.63) is 34.1 Å². The SMILES string of the molecule is CCCNC(Cc1ccc(F)cc1Br)CC1OCCO1. The fraction of sp³-hybridized carbons (Fsp3) is 0.600. The molecule has 0 spiro atoms. The van der Waals surface area contributed by atoms with E-state index in [-0.39, 0.29) is 18.1 Å². The molecular formula is C15H21BrFNO2. The van der Waals surface area contributed by atoms with Crippen LogP contribution < -0.4 is 5.32 Å². The standard InChI is InChI=1S/C15H21BrFNO2/c1-2-5-18-13(10-15-19-6-7-20-15)8-11-3-4-12(17)9-14(11)16/h3-4,9,13,15,18H,2,5-8,10H2,1H3. The Morgan fingerprint density at radius 2 is 2.15 bits per heavy atom. The summed E-state index contributed by atoms with van der Waals surface area (Å²) in [6.07, 6.45) is 2.59. The van der Waals surface area contributed by atoms with Crippen molar-refractivity contribution in [1.82, 2.24) is 5.32 Å². The molecule has 1 aromatic carbocycles. The Labute approximate surface area is 128 Å². The van der Waals surface area contributed by atoms with Crippen LogP contribution in [0.3, 0.4) is 0 Å². The molecule has 0 aliphatic carbocycles. The van der Waals surface area contributed by atoms with Crippen LogP contribution in [0.1, 0.15) is 25.3 Å². The molecule has 0 bridgehead atoms. The van der Waals surface area contributed by atoms with E-state index >= 15 is 0 Å². The summed E-state index contributed by atoms with van der Waals surface area (Å²) in [6.45, 7) is 4.44. The molecule has 1 fully saturated rings. The second-order valence-corrected chi connectivity index (χ2v) is 5.85. The van der Waals surface area contributed by atoms with Crippen LogP contribution in [0.25, 0.3) is 0 Å². The molecule has 0 saturated carbocycles. The van der Waals surface area contributed by atoms with E-state index in [1.54, 1.807) is 0 Å². The Bertz CT molecular complexity index is 424. The molecule has 1 heterocycles. The van der Waals surface area contributed by atoms with Crippen LogP contribution in [-0.4, -0.2) is 32.1 Å². The van der Waals surface area contributed by atoms with E-state index in [1.165, 1.54) is 12.1 Å². The van der Waals surface area contributed by atoms with Gasteiger partial charge in [0, 0.05) is 16.9 Å². The maximum atomic E-state index is 13.1. The molecule has 20 heavy (non-hydrogen) atoms. The molecule has 1 N–H and O–H groups in total. The number of nitrogens with one attached hydrogen (secondary N) is 1. The Balaban J connectivity index is 1.97. The van der Waals surface area contributed by atoms with E-state index in [4.69, 9.17) is 9.47 Å². The monoisotopic (exact) mass is 345 g/mol. The fourth-order valence-electron chi connectivity index (χ4n) is 2.32. The molecule has 5 heteroatoms. The number of ether oxygens (including phenoxy) is 2. The normalized spacial score (nSPS) is 17.6. The third-order valence-electron chi connectivity index (χ3n) is 3.33. The van der Waals surface area contributed by atoms with Crippen molar-refractivity contribution in [3.63, 3.8) is 0 Å². The van der Waals surface area contributed by atoms with Crippen LogP contribution >= 0.6 is 15.9 Å². The largest absolute Gasteiger partial charge is 0.350 e. The third kappa shape index (κ3) is 4.81. The fourth-order valence-corrected chi connectivity index (χ4v) is 2.83. The number of benzene rings is 1. The zero-order chi connectivity index (χ0) is 14.4. The maximum Gasteiger partial charge on any atom is 0.159 e. The lowest BCUT2D eigenvalue weighted by Gasteiger charge is -2.22. The van der Waals surface area contributed by atoms with Crippen molar-refractivity contribution in [1.29, 1.82) is 0 Å². The number of hydrogen-bond donors (Lipinski definition) is 1. The van der Waals surface area contributed by atoms with Crippen molar-refractivity contribution in [3.8, 4) is 0 Å². The minimum absolute atomic E-state index is 0.122. The first kappa shape index (κ1) is 15.9. The predicted octanol–water partition coefficient (Wildman–Crippen LogP) is 3.26. The van der Waals surface area contributed by atoms with Crippen LogP contribution in [0, 0.1) is 5.82 Å². The zero-order valence-corrected chi connectivity index (χ0v) is 13.3. The molecule has 3 nitrogen and oxygen atoms in total. The Kier molecular flexibility index (Phi) is 6.42. The van der Waals surface area contributed by atoms with E-state index in [0.717, 1.165) is 35.8 Å². The van der Waals surface area contributed by atoms with E-state index < -0.39 is 0 Å². The summed E-state index contributed by atoms with van der Waals surface area (Å²) in [4.78, 5) is 0. The predicted molar refractivity (Wildman–Crippen MR) is 80.2 cm³/mol. The molecule has 1 atom stereocenters. The molecule has 2 rings (SSSR count). The van der Waals surface area contributed by atoms with E-state index in [1.807, 2.05) is 6.07 Å². The molecule has 1 unspecified atom stereocenters. The Hall–Kier alpha value is -0.490. The van der Waals surface area contributed by atoms with Gasteiger partial charge in [-0.05, 0) is 37.1 Å². The first-order valence-corrected chi connectivity index (χ1v) is 7.89. The minimum atomic E-state index is -0.221. The second-order valence-electron chi connectivity index (χ2n) is 5.00. The molecule has 0 aromatic heterocycles. The lowest BCUT2D eigenvalue weighted by molar-refractivity contribution is -0.0526. The summed E-state index contributed by atoms with van der Waals surface area (Å²) in [5.74, 6) is -0.221. The van der Waals surface area contributed by atoms with Gasteiger partial charge in [-0.1, -0.05) is 28.9 Å². The number of hydrogen-bond acceptors (Lipinski definition) is 3. The van der Waals surface area contributed by atoms with E-state index in [0.29, 0.717) is 13.2 Å². The second kappa shape index (κ2) is 8.08. The smallest absolute Gasteiger partial charge is 0.159 e. The molecule has 0 radical (unpaired) electrons. The lowest BCUT2D eigenvalue weighted by atomic mass is 10.0. The highest BCUT2D eigenvalue weighted by Crippen LogP contribution is 2.21. The highest BCUT2D eigenvalue weighted by Gasteiger charge is 2.22. The van der Waals surface area contributed by atoms with Gasteiger partial charge in [0.1, 0.15) is 5.82 Å². The van der Waals surface area contributed by atoms with Crippen molar-refractivity contribution >= 4 is 15.9 Å². The highest BCUT2D eigenvalue weighted by atomic mass is 79.9. The highest BCUT2D eigenvalue weighted by molar-refractivity contribution is 9.10. The van der Waals surface area contributed by atoms with E-state index in [9.17, 15) is 4.39 Å². The Morgan fingerprint density at radius 3 is 2.80 bits per heavy atom. The molecule has 1 aliphatic heterocycles. The first-order chi connectivity index (χ1) is 9.69. The van der Waals surface area contributed by atoms with Crippen molar-refractivity contribution in [2.45, 2.75) is 38.5 Å². The number of halogens is 2. The van der Waals surface area contributed by atoms with Crippen LogP contribution in [-0.2, 0) is 15.9 Å². The summed E-state index contributed by atoms with van der Waals surface area (Å²) in [7, 11) is 0. The summed E-state index contributed by atoms with van der Waals surface area (Å²) in [5, 5.41) is 3.51. The van der Waals surface area contributed by atoms with Gasteiger partial charge in [-0.15, -0.1) is 0 Å². The molecule has 1 aromatic rings. The van der Waals surface area contributed by atoms with Gasteiger partial charge < -0.3 is 14.8 Å². The van der Waals surface area contributed by atoms with Gasteiger partial charge in [0.15, 0.2) is 6.29 Å². The van der Waals surface area contributed by atoms with Gasteiger partial charge in [-0.2, -0.15) is 0 Å². The Morgan fingerprint density at radius 1 is 1.40 bits per heavy atom. The maximum absolute atomic E-state index is 13.1. The molecule has 0 amide bonds. The minimum Gasteiger partial charge on any atom is -0.350 e. The van der Waals surface area contributed by atoms with Gasteiger partial charge >= 0.3 is 0 Å². The topological polar surface area (TPSA) is 30.5 Å². The average molecular weight is 346 g/mol. The molecule has 112 valence electrons. The van der Waals surface area contributed by atoms with Crippen LogP contribution in [0.4, 0.5) is 4.39 Å². The molecule has 1 aliphatic rings. The first-order valence-electron chi connectivity index (χ1n) is 7.09. The quantitative estimate of drug-likeness (QED) is 0.822. The zero-order valence-electron chi connectivity index (χ0n) is 11.7. The number of rotatable bonds is 7. The average Bonchev–Trinajstić information content (AvgIpc) is 2.92. The van der Waals surface area contributed by atoms with E-state index in [2.05, 4.69) is 28.2 Å². The summed E-state index contributed by atoms with van der Waals surface area (Å²) in [6, 6.07) is 5.10. The van der Waals surface area contributed by atoms with Crippen LogP contribution in [0.5, 0.6) is 0 Å². The van der Waals surface area contributed by atoms with Crippen LogP contribution in [0.15, 0.2) is 22.7 Å². The van der Waals surface area contributed by atoms with Gasteiger partial charge in [-0.3, -0.25) is 0 Å². The van der Waals surface area contributed by atoms with Gasteiger partial charge in [-0.25, -0.2) is 4.39 Å².